The molecule has 1 atom stereocenters. The highest BCUT2D eigenvalue weighted by molar-refractivity contribution is 5.85. The number of carbonyl (C=O) groups is 2. The minimum atomic E-state index is -0.950. The Hall–Kier alpha value is -1.14. The molecular formula is C10H20N2O4. The highest BCUT2D eigenvalue weighted by atomic mass is 16.5. The molecule has 0 aromatic rings. The minimum absolute atomic E-state index is 0.128. The zero-order valence-electron chi connectivity index (χ0n) is 10.2. The lowest BCUT2D eigenvalue weighted by Crippen LogP contribution is -2.52. The number of hydrogen-bond acceptors (Lipinski definition) is 4. The first kappa shape index (κ1) is 14.9. The van der Waals surface area contributed by atoms with Gasteiger partial charge in [-0.1, -0.05) is 0 Å². The van der Waals surface area contributed by atoms with Crippen molar-refractivity contribution in [2.24, 2.45) is 0 Å². The Labute approximate surface area is 95.4 Å². The van der Waals surface area contributed by atoms with Crippen molar-refractivity contribution in [3.8, 4) is 0 Å². The lowest BCUT2D eigenvalue weighted by atomic mass is 10.1. The molecule has 1 amide bonds. The Morgan fingerprint density at radius 3 is 2.38 bits per heavy atom. The number of aliphatic carboxylic acids is 1. The molecule has 0 fully saturated rings. The number of hydrogen-bond donors (Lipinski definition) is 3. The lowest BCUT2D eigenvalue weighted by molar-refractivity contribution is -0.140. The van der Waals surface area contributed by atoms with Gasteiger partial charge in [0.2, 0.25) is 5.91 Å². The monoisotopic (exact) mass is 232 g/mol. The van der Waals surface area contributed by atoms with Crippen molar-refractivity contribution in [2.75, 3.05) is 20.7 Å². The summed E-state index contributed by atoms with van der Waals surface area (Å²) in [4.78, 5) is 22.1. The van der Waals surface area contributed by atoms with Crippen LogP contribution in [-0.4, -0.2) is 49.3 Å². The number of carboxylic acids is 1. The Kier molecular flexibility index (Phi) is 5.98. The van der Waals surface area contributed by atoms with Gasteiger partial charge in [0.1, 0.15) is 0 Å². The molecule has 0 saturated heterocycles. The molecule has 0 radical (unpaired) electrons. The van der Waals surface area contributed by atoms with Crippen LogP contribution in [0.2, 0.25) is 0 Å². The third kappa shape index (κ3) is 5.09. The lowest BCUT2D eigenvalue weighted by Gasteiger charge is -2.24. The van der Waals surface area contributed by atoms with Crippen molar-refractivity contribution < 1.29 is 19.4 Å². The van der Waals surface area contributed by atoms with Gasteiger partial charge in [0.25, 0.3) is 0 Å². The number of nitrogens with one attached hydrogen (secondary N) is 2. The fraction of sp³-hybridized carbons (Fsp3) is 0.800. The molecule has 94 valence electrons. The van der Waals surface area contributed by atoms with E-state index in [1.165, 1.54) is 7.11 Å². The number of ether oxygens (including phenoxy) is 1. The van der Waals surface area contributed by atoms with Crippen LogP contribution in [0.1, 0.15) is 20.3 Å². The molecule has 0 aliphatic rings. The number of methoxy groups -OCH3 is 1. The summed E-state index contributed by atoms with van der Waals surface area (Å²) in [6.07, 6.45) is -0.634. The quantitative estimate of drug-likeness (QED) is 0.555. The van der Waals surface area contributed by atoms with Crippen molar-refractivity contribution in [3.05, 3.63) is 0 Å². The fourth-order valence-electron chi connectivity index (χ4n) is 0.975. The van der Waals surface area contributed by atoms with Gasteiger partial charge in [-0.2, -0.15) is 0 Å². The van der Waals surface area contributed by atoms with Gasteiger partial charge in [0.15, 0.2) is 0 Å². The van der Waals surface area contributed by atoms with Crippen LogP contribution in [0.4, 0.5) is 0 Å². The van der Waals surface area contributed by atoms with Crippen LogP contribution in [-0.2, 0) is 14.3 Å². The predicted octanol–water partition coefficient (Wildman–Crippen LogP) is -0.410. The molecule has 0 aromatic carbocycles. The summed E-state index contributed by atoms with van der Waals surface area (Å²) >= 11 is 0. The van der Waals surface area contributed by atoms with Gasteiger partial charge in [0.05, 0.1) is 18.1 Å². The summed E-state index contributed by atoms with van der Waals surface area (Å²) in [6, 6.07) is 0. The van der Waals surface area contributed by atoms with Crippen LogP contribution in [0, 0.1) is 0 Å². The summed E-state index contributed by atoms with van der Waals surface area (Å²) in [5, 5.41) is 14.1. The first-order valence-electron chi connectivity index (χ1n) is 5.05. The predicted molar refractivity (Wildman–Crippen MR) is 59.2 cm³/mol. The second kappa shape index (κ2) is 6.44. The molecule has 0 bridgehead atoms. The highest BCUT2D eigenvalue weighted by Crippen LogP contribution is 2.01. The maximum atomic E-state index is 11.6. The summed E-state index contributed by atoms with van der Waals surface area (Å²) in [7, 11) is 3.10. The number of amides is 1. The molecule has 0 spiro atoms. The third-order valence-electron chi connectivity index (χ3n) is 2.42. The van der Waals surface area contributed by atoms with Crippen molar-refractivity contribution in [1.29, 1.82) is 0 Å². The summed E-state index contributed by atoms with van der Waals surface area (Å²) in [5.41, 5.74) is -0.679. The van der Waals surface area contributed by atoms with Crippen LogP contribution < -0.4 is 10.6 Å². The molecule has 0 heterocycles. The average molecular weight is 232 g/mol. The molecule has 0 rings (SSSR count). The molecule has 6 nitrogen and oxygen atoms in total. The van der Waals surface area contributed by atoms with E-state index in [2.05, 4.69) is 10.6 Å². The van der Waals surface area contributed by atoms with E-state index in [1.54, 1.807) is 20.9 Å². The molecule has 0 aliphatic heterocycles. The van der Waals surface area contributed by atoms with Crippen LogP contribution in [0.3, 0.4) is 0 Å². The van der Waals surface area contributed by atoms with Crippen LogP contribution in [0.25, 0.3) is 0 Å². The topological polar surface area (TPSA) is 87.7 Å². The standard InChI is InChI=1S/C10H20N2O4/c1-10(2,11-3)9(15)12-6-7(16-4)5-8(13)14/h7,11H,5-6H2,1-4H3,(H,12,15)(H,13,14). The van der Waals surface area contributed by atoms with Gasteiger partial charge < -0.3 is 20.5 Å². The first-order valence-corrected chi connectivity index (χ1v) is 5.05. The van der Waals surface area contributed by atoms with Gasteiger partial charge in [-0.15, -0.1) is 0 Å². The van der Waals surface area contributed by atoms with E-state index in [4.69, 9.17) is 9.84 Å². The first-order chi connectivity index (χ1) is 7.33. The normalized spacial score (nSPS) is 13.2. The number of rotatable bonds is 7. The average Bonchev–Trinajstić information content (AvgIpc) is 2.22. The smallest absolute Gasteiger partial charge is 0.306 e. The maximum absolute atomic E-state index is 11.6. The number of likely N-dealkylation sites (N-methyl/N-ethyl adjacent to an activating group) is 1. The largest absolute Gasteiger partial charge is 0.481 e. The number of carbonyl (C=O) groups excluding carboxylic acids is 1. The molecule has 6 heteroatoms. The maximum Gasteiger partial charge on any atom is 0.306 e. The van der Waals surface area contributed by atoms with E-state index in [-0.39, 0.29) is 18.9 Å². The van der Waals surface area contributed by atoms with Crippen LogP contribution in [0.15, 0.2) is 0 Å². The molecule has 0 aromatic heterocycles. The molecule has 0 saturated carbocycles. The third-order valence-corrected chi connectivity index (χ3v) is 2.42. The Morgan fingerprint density at radius 1 is 1.44 bits per heavy atom. The summed E-state index contributed by atoms with van der Waals surface area (Å²) in [6.45, 7) is 3.66. The molecular weight excluding hydrogens is 212 g/mol. The van der Waals surface area contributed by atoms with E-state index < -0.39 is 17.6 Å². The molecule has 0 aliphatic carbocycles. The van der Waals surface area contributed by atoms with Crippen LogP contribution in [0.5, 0.6) is 0 Å². The van der Waals surface area contributed by atoms with Gasteiger partial charge in [-0.05, 0) is 20.9 Å². The van der Waals surface area contributed by atoms with E-state index in [9.17, 15) is 9.59 Å². The molecule has 16 heavy (non-hydrogen) atoms. The zero-order chi connectivity index (χ0) is 12.8. The van der Waals surface area contributed by atoms with Crippen molar-refractivity contribution >= 4 is 11.9 Å². The van der Waals surface area contributed by atoms with E-state index >= 15 is 0 Å². The van der Waals surface area contributed by atoms with Crippen molar-refractivity contribution in [1.82, 2.24) is 10.6 Å². The molecule has 3 N–H and O–H groups in total. The number of carboxylic acid groups (broad SMARTS) is 1. The van der Waals surface area contributed by atoms with E-state index in [0.29, 0.717) is 0 Å². The Balaban J connectivity index is 4.12. The van der Waals surface area contributed by atoms with E-state index in [1.807, 2.05) is 0 Å². The van der Waals surface area contributed by atoms with Gasteiger partial charge in [-0.3, -0.25) is 9.59 Å². The van der Waals surface area contributed by atoms with Gasteiger partial charge >= 0.3 is 5.97 Å². The second-order valence-corrected chi connectivity index (χ2v) is 4.04. The Morgan fingerprint density at radius 2 is 2.00 bits per heavy atom. The van der Waals surface area contributed by atoms with Crippen molar-refractivity contribution in [2.45, 2.75) is 31.9 Å². The molecule has 1 unspecified atom stereocenters. The van der Waals surface area contributed by atoms with Crippen LogP contribution >= 0.6 is 0 Å². The van der Waals surface area contributed by atoms with Crippen molar-refractivity contribution in [3.63, 3.8) is 0 Å². The SMILES string of the molecule is CNC(C)(C)C(=O)NCC(CC(=O)O)OC. The minimum Gasteiger partial charge on any atom is -0.481 e. The van der Waals surface area contributed by atoms with Gasteiger partial charge in [0, 0.05) is 13.7 Å². The highest BCUT2D eigenvalue weighted by Gasteiger charge is 2.25. The van der Waals surface area contributed by atoms with Gasteiger partial charge in [-0.25, -0.2) is 0 Å². The van der Waals surface area contributed by atoms with E-state index in [0.717, 1.165) is 0 Å². The summed E-state index contributed by atoms with van der Waals surface area (Å²) < 4.78 is 4.94. The fourth-order valence-corrected chi connectivity index (χ4v) is 0.975. The summed E-state index contributed by atoms with van der Waals surface area (Å²) in [5.74, 6) is -1.14. The zero-order valence-corrected chi connectivity index (χ0v) is 10.2. The Bertz CT molecular complexity index is 253. The second-order valence-electron chi connectivity index (χ2n) is 4.04.